The number of amides is 1. The van der Waals surface area contributed by atoms with Crippen molar-refractivity contribution in [1.82, 2.24) is 9.88 Å². The molecule has 0 spiro atoms. The fourth-order valence-electron chi connectivity index (χ4n) is 3.41. The predicted molar refractivity (Wildman–Crippen MR) is 132 cm³/mol. The third-order valence-corrected chi connectivity index (χ3v) is 6.14. The van der Waals surface area contributed by atoms with Crippen molar-refractivity contribution in [3.8, 4) is 0 Å². The monoisotopic (exact) mass is 475 g/mol. The molecule has 0 atom stereocenters. The van der Waals surface area contributed by atoms with E-state index in [0.717, 1.165) is 28.6 Å². The van der Waals surface area contributed by atoms with Crippen LogP contribution in [0.4, 0.5) is 0 Å². The third-order valence-electron chi connectivity index (χ3n) is 5.59. The molecule has 7 heteroatoms. The Balaban J connectivity index is 2.51. The zero-order valence-corrected chi connectivity index (χ0v) is 20.6. The second-order valence-electron chi connectivity index (χ2n) is 7.73. The van der Waals surface area contributed by atoms with Gasteiger partial charge in [-0.2, -0.15) is 0 Å². The number of aromatic nitrogens is 1. The lowest BCUT2D eigenvalue weighted by Gasteiger charge is -2.31. The summed E-state index contributed by atoms with van der Waals surface area (Å²) in [6.07, 6.45) is 12.3. The molecule has 0 radical (unpaired) electrons. The first kappa shape index (κ1) is 26.0. The molecule has 0 saturated carbocycles. The predicted octanol–water partition coefficient (Wildman–Crippen LogP) is 6.33. The van der Waals surface area contributed by atoms with Crippen LogP contribution in [0.3, 0.4) is 0 Å². The Morgan fingerprint density at radius 1 is 1.22 bits per heavy atom. The molecule has 0 aliphatic carbocycles. The standard InChI is InChI=1S/C25H31Cl2N3O2/c1-5-17(3)11-21(25(31)30(16-28)22-7-9-32-10-8-22)13-19(18(4)6-2)12-20-14-24(27)29-15-23(20)26/h5-6,11,13-16,22,28H,7-10,12H2,1-4H3/b17-5+,18-6+,19-13-,21-11+,28-16?. The molecule has 1 saturated heterocycles. The highest BCUT2D eigenvalue weighted by Gasteiger charge is 2.26. The zero-order valence-electron chi connectivity index (χ0n) is 19.1. The van der Waals surface area contributed by atoms with E-state index in [1.807, 2.05) is 52.0 Å². The Bertz CT molecular complexity index is 958. The van der Waals surface area contributed by atoms with Crippen molar-refractivity contribution in [2.24, 2.45) is 0 Å². The number of halogens is 2. The topological polar surface area (TPSA) is 66.3 Å². The minimum absolute atomic E-state index is 0.0452. The van der Waals surface area contributed by atoms with Crippen molar-refractivity contribution in [3.63, 3.8) is 0 Å². The maximum absolute atomic E-state index is 13.6. The van der Waals surface area contributed by atoms with Gasteiger partial charge in [-0.1, -0.05) is 46.5 Å². The lowest BCUT2D eigenvalue weighted by molar-refractivity contribution is -0.125. The molecule has 2 heterocycles. The van der Waals surface area contributed by atoms with Crippen LogP contribution in [0, 0.1) is 5.41 Å². The van der Waals surface area contributed by atoms with Gasteiger partial charge in [0.1, 0.15) is 5.15 Å². The smallest absolute Gasteiger partial charge is 0.259 e. The number of hydrogen-bond donors (Lipinski definition) is 1. The summed E-state index contributed by atoms with van der Waals surface area (Å²) < 4.78 is 5.43. The Morgan fingerprint density at radius 3 is 2.50 bits per heavy atom. The molecule has 1 fully saturated rings. The Kier molecular flexibility index (Phi) is 10.4. The van der Waals surface area contributed by atoms with Gasteiger partial charge in [0.25, 0.3) is 5.91 Å². The minimum Gasteiger partial charge on any atom is -0.381 e. The van der Waals surface area contributed by atoms with Gasteiger partial charge in [-0.15, -0.1) is 0 Å². The highest BCUT2D eigenvalue weighted by Crippen LogP contribution is 2.26. The van der Waals surface area contributed by atoms with Gasteiger partial charge in [0.05, 0.1) is 11.4 Å². The number of ether oxygens (including phenoxy) is 1. The number of rotatable bonds is 8. The summed E-state index contributed by atoms with van der Waals surface area (Å²) >= 11 is 12.4. The Hall–Kier alpha value is -2.21. The Morgan fingerprint density at radius 2 is 1.91 bits per heavy atom. The Labute approximate surface area is 201 Å². The molecule has 1 aromatic heterocycles. The van der Waals surface area contributed by atoms with Gasteiger partial charge in [0.2, 0.25) is 0 Å². The SMILES string of the molecule is C/C=C(C)/C=C(\C=C(Cc1cc(Cl)ncc1Cl)/C(C)=C/C)C(=O)N(C=N)C1CCOCC1. The number of carbonyl (C=O) groups is 1. The van der Waals surface area contributed by atoms with Gasteiger partial charge in [-0.3, -0.25) is 15.1 Å². The molecule has 2 rings (SSSR count). The minimum atomic E-state index is -0.201. The van der Waals surface area contributed by atoms with Crippen molar-refractivity contribution >= 4 is 35.4 Å². The second-order valence-corrected chi connectivity index (χ2v) is 8.53. The average Bonchev–Trinajstić information content (AvgIpc) is 2.80. The highest BCUT2D eigenvalue weighted by atomic mass is 35.5. The van der Waals surface area contributed by atoms with Crippen molar-refractivity contribution in [3.05, 3.63) is 74.6 Å². The van der Waals surface area contributed by atoms with E-state index in [-0.39, 0.29) is 11.9 Å². The van der Waals surface area contributed by atoms with E-state index in [1.165, 1.54) is 11.1 Å². The molecule has 1 aliphatic heterocycles. The van der Waals surface area contributed by atoms with Crippen LogP contribution in [0.5, 0.6) is 0 Å². The van der Waals surface area contributed by atoms with Crippen LogP contribution in [0.2, 0.25) is 10.2 Å². The maximum atomic E-state index is 13.6. The molecule has 1 amide bonds. The van der Waals surface area contributed by atoms with Gasteiger partial charge in [0.15, 0.2) is 0 Å². The second kappa shape index (κ2) is 12.7. The van der Waals surface area contributed by atoms with E-state index in [4.69, 9.17) is 33.3 Å². The number of nitrogens with one attached hydrogen (secondary N) is 1. The van der Waals surface area contributed by atoms with Crippen LogP contribution in [-0.2, 0) is 16.0 Å². The molecule has 0 aromatic carbocycles. The van der Waals surface area contributed by atoms with Gasteiger partial charge >= 0.3 is 0 Å². The van der Waals surface area contributed by atoms with E-state index >= 15 is 0 Å². The molecule has 32 heavy (non-hydrogen) atoms. The molecule has 1 aromatic rings. The summed E-state index contributed by atoms with van der Waals surface area (Å²) in [7, 11) is 0. The van der Waals surface area contributed by atoms with Gasteiger partial charge in [-0.25, -0.2) is 4.98 Å². The summed E-state index contributed by atoms with van der Waals surface area (Å²) in [5.74, 6) is -0.201. The van der Waals surface area contributed by atoms with Crippen molar-refractivity contribution in [1.29, 1.82) is 5.41 Å². The van der Waals surface area contributed by atoms with Gasteiger partial charge in [0, 0.05) is 31.0 Å². The highest BCUT2D eigenvalue weighted by molar-refractivity contribution is 6.32. The molecule has 1 aliphatic rings. The van der Waals surface area contributed by atoms with Crippen LogP contribution < -0.4 is 0 Å². The van der Waals surface area contributed by atoms with Crippen LogP contribution in [0.15, 0.2) is 58.9 Å². The third kappa shape index (κ3) is 7.16. The summed E-state index contributed by atoms with van der Waals surface area (Å²) in [4.78, 5) is 19.1. The first-order valence-electron chi connectivity index (χ1n) is 10.7. The first-order chi connectivity index (χ1) is 15.3. The van der Waals surface area contributed by atoms with E-state index in [2.05, 4.69) is 4.98 Å². The van der Waals surface area contributed by atoms with Gasteiger partial charge < -0.3 is 4.74 Å². The largest absolute Gasteiger partial charge is 0.381 e. The van der Waals surface area contributed by atoms with Crippen molar-refractivity contribution in [2.45, 2.75) is 53.0 Å². The molecular weight excluding hydrogens is 445 g/mol. The molecule has 5 nitrogen and oxygen atoms in total. The lowest BCUT2D eigenvalue weighted by atomic mass is 9.95. The van der Waals surface area contributed by atoms with E-state index < -0.39 is 0 Å². The van der Waals surface area contributed by atoms with Crippen molar-refractivity contribution < 1.29 is 9.53 Å². The summed E-state index contributed by atoms with van der Waals surface area (Å²) in [5.41, 5.74) is 4.28. The fourth-order valence-corrected chi connectivity index (χ4v) is 3.76. The average molecular weight is 476 g/mol. The summed E-state index contributed by atoms with van der Waals surface area (Å²) in [6, 6.07) is 1.70. The number of pyridine rings is 1. The normalized spacial score (nSPS) is 16.8. The van der Waals surface area contributed by atoms with E-state index in [0.29, 0.717) is 48.2 Å². The van der Waals surface area contributed by atoms with Crippen LogP contribution in [-0.4, -0.2) is 41.4 Å². The van der Waals surface area contributed by atoms with Crippen LogP contribution in [0.1, 0.15) is 46.1 Å². The van der Waals surface area contributed by atoms with Crippen LogP contribution >= 0.6 is 23.2 Å². The van der Waals surface area contributed by atoms with Crippen LogP contribution in [0.25, 0.3) is 0 Å². The molecule has 0 unspecified atom stereocenters. The fraction of sp³-hybridized carbons (Fsp3) is 0.400. The zero-order chi connectivity index (χ0) is 23.7. The van der Waals surface area contributed by atoms with E-state index in [9.17, 15) is 4.79 Å². The maximum Gasteiger partial charge on any atom is 0.259 e. The van der Waals surface area contributed by atoms with E-state index in [1.54, 1.807) is 6.07 Å². The van der Waals surface area contributed by atoms with Gasteiger partial charge in [-0.05, 0) is 76.3 Å². The molecule has 172 valence electrons. The summed E-state index contributed by atoms with van der Waals surface area (Å²) in [5, 5.41) is 8.80. The summed E-state index contributed by atoms with van der Waals surface area (Å²) in [6.45, 7) is 9.02. The number of carbonyl (C=O) groups excluding carboxylic acids is 1. The lowest BCUT2D eigenvalue weighted by Crippen LogP contribution is -2.42. The number of hydrogen-bond acceptors (Lipinski definition) is 4. The molecule has 1 N–H and O–H groups in total. The van der Waals surface area contributed by atoms with Crippen molar-refractivity contribution in [2.75, 3.05) is 13.2 Å². The quantitative estimate of drug-likeness (QED) is 0.157. The number of allylic oxidation sites excluding steroid dienone is 6. The molecular formula is C25H31Cl2N3O2. The molecule has 0 bridgehead atoms. The first-order valence-corrected chi connectivity index (χ1v) is 11.5. The number of nitrogens with zero attached hydrogens (tertiary/aromatic N) is 2.